The molecule has 5 atom stereocenters. The van der Waals surface area contributed by atoms with Crippen LogP contribution < -0.4 is 14.2 Å². The van der Waals surface area contributed by atoms with E-state index in [9.17, 15) is 4.79 Å². The lowest BCUT2D eigenvalue weighted by Gasteiger charge is -2.34. The Morgan fingerprint density at radius 3 is 2.75 bits per heavy atom. The zero-order chi connectivity index (χ0) is 21.8. The molecule has 1 aliphatic carbocycles. The Morgan fingerprint density at radius 1 is 1.12 bits per heavy atom. The third-order valence-corrected chi connectivity index (χ3v) is 7.08. The normalized spacial score (nSPS) is 29.1. The Morgan fingerprint density at radius 2 is 1.94 bits per heavy atom. The highest BCUT2D eigenvalue weighted by atomic mass is 16.7. The molecule has 1 unspecified atom stereocenters. The Hall–Kier alpha value is -3.03. The lowest BCUT2D eigenvalue weighted by molar-refractivity contribution is -0.0318. The van der Waals surface area contributed by atoms with Crippen LogP contribution in [0.15, 0.2) is 48.0 Å². The number of benzene rings is 2. The summed E-state index contributed by atoms with van der Waals surface area (Å²) >= 11 is 0. The Bertz CT molecular complexity index is 1110. The number of nitrogens with zero attached hydrogens (tertiary/aromatic N) is 1. The fraction of sp³-hybridized carbons (Fsp3) is 0.400. The van der Waals surface area contributed by atoms with Crippen LogP contribution in [0.25, 0.3) is 0 Å². The van der Waals surface area contributed by atoms with E-state index >= 15 is 0 Å². The summed E-state index contributed by atoms with van der Waals surface area (Å²) in [7, 11) is 3.23. The maximum Gasteiger partial charge on any atom is 0.342 e. The van der Waals surface area contributed by atoms with Gasteiger partial charge >= 0.3 is 5.97 Å². The van der Waals surface area contributed by atoms with Crippen LogP contribution in [0.3, 0.4) is 0 Å². The Balaban J connectivity index is 1.33. The van der Waals surface area contributed by atoms with Gasteiger partial charge in [-0.25, -0.2) is 4.79 Å². The quantitative estimate of drug-likeness (QED) is 0.539. The average molecular weight is 435 g/mol. The summed E-state index contributed by atoms with van der Waals surface area (Å²) in [5.41, 5.74) is 4.27. The van der Waals surface area contributed by atoms with Crippen LogP contribution in [0.2, 0.25) is 0 Å². The Kier molecular flexibility index (Phi) is 4.62. The van der Waals surface area contributed by atoms with Crippen molar-refractivity contribution < 1.29 is 28.5 Å². The molecule has 32 heavy (non-hydrogen) atoms. The highest BCUT2D eigenvalue weighted by Crippen LogP contribution is 2.50. The van der Waals surface area contributed by atoms with E-state index in [0.717, 1.165) is 31.0 Å². The van der Waals surface area contributed by atoms with Gasteiger partial charge in [-0.15, -0.1) is 0 Å². The maximum absolute atomic E-state index is 13.0. The van der Waals surface area contributed by atoms with Gasteiger partial charge in [0.05, 0.1) is 13.2 Å². The number of methoxy groups -OCH3 is 2. The highest BCUT2D eigenvalue weighted by molar-refractivity contribution is 5.92. The number of ether oxygens (including phenoxy) is 5. The molecule has 1 saturated heterocycles. The molecular formula is C25H25NO6. The molecule has 4 aliphatic rings. The van der Waals surface area contributed by atoms with Crippen molar-refractivity contribution in [3.05, 3.63) is 64.7 Å². The lowest BCUT2D eigenvalue weighted by atomic mass is 9.82. The summed E-state index contributed by atoms with van der Waals surface area (Å²) in [6, 6.07) is 11.6. The van der Waals surface area contributed by atoms with Gasteiger partial charge < -0.3 is 23.7 Å². The second-order valence-corrected chi connectivity index (χ2v) is 8.65. The minimum atomic E-state index is -0.457. The van der Waals surface area contributed by atoms with Crippen LogP contribution in [-0.4, -0.2) is 56.7 Å². The van der Waals surface area contributed by atoms with Crippen molar-refractivity contribution in [3.63, 3.8) is 0 Å². The lowest BCUT2D eigenvalue weighted by Crippen LogP contribution is -2.42. The van der Waals surface area contributed by atoms with Crippen LogP contribution in [0, 0.1) is 0 Å². The largest absolute Gasteiger partial charge is 0.496 e. The third kappa shape index (κ3) is 2.99. The number of esters is 1. The molecule has 7 heteroatoms. The van der Waals surface area contributed by atoms with Crippen LogP contribution in [0.1, 0.15) is 33.8 Å². The van der Waals surface area contributed by atoms with Crippen molar-refractivity contribution in [2.45, 2.75) is 37.1 Å². The van der Waals surface area contributed by atoms with Crippen LogP contribution in [0.4, 0.5) is 0 Å². The number of para-hydroxylation sites is 1. The molecule has 2 aromatic rings. The maximum atomic E-state index is 13.0. The number of carbonyl (C=O) groups is 1. The monoisotopic (exact) mass is 435 g/mol. The summed E-state index contributed by atoms with van der Waals surface area (Å²) < 4.78 is 28.3. The summed E-state index contributed by atoms with van der Waals surface area (Å²) in [6.45, 7) is 2.09. The molecule has 1 fully saturated rings. The zero-order valence-corrected chi connectivity index (χ0v) is 18.1. The fourth-order valence-electron chi connectivity index (χ4n) is 5.55. The van der Waals surface area contributed by atoms with Crippen molar-refractivity contribution in [1.29, 1.82) is 0 Å². The van der Waals surface area contributed by atoms with Gasteiger partial charge in [-0.1, -0.05) is 12.1 Å². The molecule has 3 aliphatic heterocycles. The predicted molar refractivity (Wildman–Crippen MR) is 115 cm³/mol. The number of hydrogen-bond acceptors (Lipinski definition) is 7. The minimum absolute atomic E-state index is 0.207. The fourth-order valence-corrected chi connectivity index (χ4v) is 5.55. The van der Waals surface area contributed by atoms with Crippen LogP contribution >= 0.6 is 0 Å². The molecule has 7 nitrogen and oxygen atoms in total. The summed E-state index contributed by atoms with van der Waals surface area (Å²) in [4.78, 5) is 15.5. The van der Waals surface area contributed by atoms with Gasteiger partial charge in [0.25, 0.3) is 0 Å². The first-order chi connectivity index (χ1) is 15.7. The molecule has 2 aromatic carbocycles. The van der Waals surface area contributed by atoms with E-state index in [1.807, 2.05) is 6.07 Å². The van der Waals surface area contributed by atoms with Crippen LogP contribution in [0.5, 0.6) is 17.2 Å². The standard InChI is InChI=1S/C25H25NO6/c1-28-20-6-4-3-5-15(20)25(27)32-24-9-17-18-12-26(19(17)10-21(24)29-2)11-14-7-22-23(8-16(14)18)31-13-30-22/h3-9,18-19,21,24H,10-13H2,1-2H3/t18-,19-,21-,24-/m0/s1. The SMILES string of the molecule is COc1ccccc1C(=O)O[C@H]1C=C2[C@H]3CN(Cc4cc5c(cc43)OCO5)[C@H]2C[C@@H]1OC. The highest BCUT2D eigenvalue weighted by Gasteiger charge is 2.47. The summed E-state index contributed by atoms with van der Waals surface area (Å²) in [6.07, 6.45) is 2.23. The van der Waals surface area contributed by atoms with Gasteiger partial charge in [0.1, 0.15) is 17.4 Å². The van der Waals surface area contributed by atoms with E-state index < -0.39 is 12.1 Å². The zero-order valence-electron chi connectivity index (χ0n) is 18.1. The van der Waals surface area contributed by atoms with Crippen molar-refractivity contribution in [2.75, 3.05) is 27.6 Å². The number of fused-ring (bicyclic) bond motifs is 8. The third-order valence-electron chi connectivity index (χ3n) is 7.08. The smallest absolute Gasteiger partial charge is 0.342 e. The van der Waals surface area contributed by atoms with E-state index in [-0.39, 0.29) is 24.9 Å². The molecule has 3 heterocycles. The Labute approximate surface area is 186 Å². The van der Waals surface area contributed by atoms with E-state index in [0.29, 0.717) is 11.3 Å². The van der Waals surface area contributed by atoms with Gasteiger partial charge in [-0.2, -0.15) is 0 Å². The molecule has 6 rings (SSSR count). The second-order valence-electron chi connectivity index (χ2n) is 8.65. The molecule has 0 aromatic heterocycles. The molecule has 0 N–H and O–H groups in total. The van der Waals surface area contributed by atoms with Gasteiger partial charge in [0.2, 0.25) is 6.79 Å². The van der Waals surface area contributed by atoms with Crippen molar-refractivity contribution in [3.8, 4) is 17.2 Å². The minimum Gasteiger partial charge on any atom is -0.496 e. The van der Waals surface area contributed by atoms with E-state index in [1.54, 1.807) is 32.4 Å². The molecule has 0 amide bonds. The molecule has 0 saturated carbocycles. The summed E-state index contributed by atoms with van der Waals surface area (Å²) in [5, 5.41) is 0. The van der Waals surface area contributed by atoms with Crippen molar-refractivity contribution in [1.82, 2.24) is 4.90 Å². The molecule has 2 bridgehead atoms. The van der Waals surface area contributed by atoms with E-state index in [4.69, 9.17) is 23.7 Å². The second kappa shape index (κ2) is 7.53. The first-order valence-corrected chi connectivity index (χ1v) is 10.9. The molecule has 166 valence electrons. The number of hydrogen-bond donors (Lipinski definition) is 0. The molecule has 0 spiro atoms. The van der Waals surface area contributed by atoms with Crippen molar-refractivity contribution >= 4 is 5.97 Å². The van der Waals surface area contributed by atoms with Gasteiger partial charge in [-0.05, 0) is 53.5 Å². The predicted octanol–water partition coefficient (Wildman–Crippen LogP) is 3.28. The topological polar surface area (TPSA) is 66.5 Å². The number of rotatable bonds is 4. The van der Waals surface area contributed by atoms with Gasteiger partial charge in [0.15, 0.2) is 11.5 Å². The van der Waals surface area contributed by atoms with Crippen LogP contribution in [-0.2, 0) is 16.0 Å². The first kappa shape index (κ1) is 19.6. The summed E-state index contributed by atoms with van der Waals surface area (Å²) in [5.74, 6) is 1.98. The van der Waals surface area contributed by atoms with E-state index in [1.165, 1.54) is 16.7 Å². The first-order valence-electron chi connectivity index (χ1n) is 10.9. The van der Waals surface area contributed by atoms with E-state index in [2.05, 4.69) is 23.1 Å². The average Bonchev–Trinajstić information content (AvgIpc) is 3.39. The molecular weight excluding hydrogens is 410 g/mol. The van der Waals surface area contributed by atoms with Crippen molar-refractivity contribution in [2.24, 2.45) is 0 Å². The molecule has 0 radical (unpaired) electrons. The van der Waals surface area contributed by atoms with Gasteiger partial charge in [0, 0.05) is 32.2 Å². The van der Waals surface area contributed by atoms with Gasteiger partial charge in [-0.3, -0.25) is 4.90 Å². The number of carbonyl (C=O) groups excluding carboxylic acids is 1.